The molecule has 3 rings (SSSR count). The van der Waals surface area contributed by atoms with Gasteiger partial charge < -0.3 is 0 Å². The first kappa shape index (κ1) is 16.5. The van der Waals surface area contributed by atoms with Crippen LogP contribution in [0.25, 0.3) is 10.8 Å². The molecular formula is C20H21NO2S. The summed E-state index contributed by atoms with van der Waals surface area (Å²) in [5.74, 6) is 0.292. The fourth-order valence-corrected chi connectivity index (χ4v) is 3.90. The van der Waals surface area contributed by atoms with Crippen molar-refractivity contribution in [2.75, 3.05) is 4.72 Å². The minimum Gasteiger partial charge on any atom is -0.279 e. The number of sulfonamides is 1. The Morgan fingerprint density at radius 3 is 2.33 bits per heavy atom. The molecule has 0 fully saturated rings. The largest absolute Gasteiger partial charge is 0.279 e. The van der Waals surface area contributed by atoms with Crippen LogP contribution in [0.4, 0.5) is 5.69 Å². The predicted octanol–water partition coefficient (Wildman–Crippen LogP) is 5.15. The van der Waals surface area contributed by atoms with Crippen LogP contribution in [0.5, 0.6) is 0 Å². The number of para-hydroxylation sites is 1. The first-order valence-corrected chi connectivity index (χ1v) is 9.60. The molecule has 24 heavy (non-hydrogen) atoms. The number of hydrogen-bond acceptors (Lipinski definition) is 2. The van der Waals surface area contributed by atoms with Gasteiger partial charge in [0.05, 0.1) is 10.6 Å². The molecule has 0 amide bonds. The Hall–Kier alpha value is -2.33. The number of anilines is 1. The van der Waals surface area contributed by atoms with E-state index in [0.717, 1.165) is 22.8 Å². The van der Waals surface area contributed by atoms with Gasteiger partial charge in [0, 0.05) is 0 Å². The van der Waals surface area contributed by atoms with Gasteiger partial charge in [-0.3, -0.25) is 4.72 Å². The third kappa shape index (κ3) is 3.29. The minimum absolute atomic E-state index is 0.278. The van der Waals surface area contributed by atoms with Gasteiger partial charge in [0.1, 0.15) is 0 Å². The molecule has 0 aromatic heterocycles. The summed E-state index contributed by atoms with van der Waals surface area (Å²) in [5.41, 5.74) is 1.67. The van der Waals surface area contributed by atoms with Crippen LogP contribution in [0.2, 0.25) is 0 Å². The average molecular weight is 339 g/mol. The first-order valence-electron chi connectivity index (χ1n) is 8.12. The van der Waals surface area contributed by atoms with Crippen molar-refractivity contribution in [3.05, 3.63) is 72.3 Å². The van der Waals surface area contributed by atoms with E-state index >= 15 is 0 Å². The number of hydrogen-bond donors (Lipinski definition) is 1. The maximum absolute atomic E-state index is 12.8. The molecule has 4 heteroatoms. The molecule has 0 radical (unpaired) electrons. The van der Waals surface area contributed by atoms with E-state index in [1.807, 2.05) is 54.6 Å². The van der Waals surface area contributed by atoms with Crippen molar-refractivity contribution in [3.8, 4) is 0 Å². The zero-order chi connectivity index (χ0) is 17.2. The smallest absolute Gasteiger partial charge is 0.261 e. The van der Waals surface area contributed by atoms with Gasteiger partial charge in [0.2, 0.25) is 0 Å². The summed E-state index contributed by atoms with van der Waals surface area (Å²) in [6.45, 7) is 4.20. The van der Waals surface area contributed by atoms with Crippen LogP contribution in [0, 0.1) is 0 Å². The second kappa shape index (κ2) is 6.65. The molecular weight excluding hydrogens is 318 g/mol. The van der Waals surface area contributed by atoms with Crippen molar-refractivity contribution < 1.29 is 8.42 Å². The van der Waals surface area contributed by atoms with Crippen molar-refractivity contribution in [1.29, 1.82) is 0 Å². The van der Waals surface area contributed by atoms with E-state index in [1.165, 1.54) is 0 Å². The van der Waals surface area contributed by atoms with E-state index in [-0.39, 0.29) is 4.90 Å². The molecule has 0 spiro atoms. The van der Waals surface area contributed by atoms with Gasteiger partial charge in [0.15, 0.2) is 0 Å². The first-order chi connectivity index (χ1) is 11.5. The van der Waals surface area contributed by atoms with Gasteiger partial charge in [-0.2, -0.15) is 0 Å². The zero-order valence-corrected chi connectivity index (χ0v) is 14.7. The van der Waals surface area contributed by atoms with E-state index in [4.69, 9.17) is 0 Å². The van der Waals surface area contributed by atoms with E-state index in [9.17, 15) is 8.42 Å². The third-order valence-corrected chi connectivity index (χ3v) is 5.74. The standard InChI is InChI=1S/C20H21NO2S/c1-3-15(2)19-10-6-7-11-20(19)21-24(22,23)18-13-12-16-8-4-5-9-17(16)14-18/h4-15,21H,3H2,1-2H3/t15-/m0/s1. The molecule has 1 N–H and O–H groups in total. The third-order valence-electron chi connectivity index (χ3n) is 4.38. The highest BCUT2D eigenvalue weighted by atomic mass is 32.2. The Morgan fingerprint density at radius 1 is 0.917 bits per heavy atom. The second-order valence-corrected chi connectivity index (χ2v) is 7.69. The number of fused-ring (bicyclic) bond motifs is 1. The topological polar surface area (TPSA) is 46.2 Å². The fourth-order valence-electron chi connectivity index (χ4n) is 2.78. The van der Waals surface area contributed by atoms with Crippen LogP contribution >= 0.6 is 0 Å². The van der Waals surface area contributed by atoms with Gasteiger partial charge in [-0.25, -0.2) is 8.42 Å². The van der Waals surface area contributed by atoms with Crippen molar-refractivity contribution in [2.45, 2.75) is 31.1 Å². The fraction of sp³-hybridized carbons (Fsp3) is 0.200. The Balaban J connectivity index is 1.99. The van der Waals surface area contributed by atoms with Crippen LogP contribution in [0.15, 0.2) is 71.6 Å². The summed E-state index contributed by atoms with van der Waals surface area (Å²) in [4.78, 5) is 0.278. The van der Waals surface area contributed by atoms with Gasteiger partial charge in [-0.1, -0.05) is 62.4 Å². The number of benzene rings is 3. The Labute approximate surface area is 143 Å². The molecule has 0 aliphatic rings. The summed E-state index contributed by atoms with van der Waals surface area (Å²) in [6.07, 6.45) is 0.953. The summed E-state index contributed by atoms with van der Waals surface area (Å²) >= 11 is 0. The molecule has 3 aromatic carbocycles. The lowest BCUT2D eigenvalue weighted by atomic mass is 9.97. The van der Waals surface area contributed by atoms with E-state index in [1.54, 1.807) is 12.1 Å². The number of nitrogens with one attached hydrogen (secondary N) is 1. The average Bonchev–Trinajstić information content (AvgIpc) is 2.60. The molecule has 0 saturated heterocycles. The van der Waals surface area contributed by atoms with Crippen molar-refractivity contribution >= 4 is 26.5 Å². The quantitative estimate of drug-likeness (QED) is 0.698. The summed E-state index contributed by atoms with van der Waals surface area (Å²) in [6, 6.07) is 20.5. The van der Waals surface area contributed by atoms with Crippen molar-refractivity contribution in [2.24, 2.45) is 0 Å². The van der Waals surface area contributed by atoms with E-state index in [0.29, 0.717) is 11.6 Å². The molecule has 1 atom stereocenters. The Morgan fingerprint density at radius 2 is 1.58 bits per heavy atom. The molecule has 124 valence electrons. The molecule has 0 saturated carbocycles. The van der Waals surface area contributed by atoms with E-state index < -0.39 is 10.0 Å². The monoisotopic (exact) mass is 339 g/mol. The second-order valence-electron chi connectivity index (χ2n) is 6.01. The lowest BCUT2D eigenvalue weighted by molar-refractivity contribution is 0.601. The Kier molecular flexibility index (Phi) is 4.58. The van der Waals surface area contributed by atoms with Crippen molar-refractivity contribution in [1.82, 2.24) is 0 Å². The molecule has 0 heterocycles. The van der Waals surface area contributed by atoms with Gasteiger partial charge in [-0.15, -0.1) is 0 Å². The predicted molar refractivity (Wildman–Crippen MR) is 99.9 cm³/mol. The number of rotatable bonds is 5. The van der Waals surface area contributed by atoms with Crippen LogP contribution in [0.1, 0.15) is 31.7 Å². The van der Waals surface area contributed by atoms with Gasteiger partial charge in [0.25, 0.3) is 10.0 Å². The highest BCUT2D eigenvalue weighted by Crippen LogP contribution is 2.29. The van der Waals surface area contributed by atoms with Gasteiger partial charge >= 0.3 is 0 Å². The van der Waals surface area contributed by atoms with Gasteiger partial charge in [-0.05, 0) is 46.9 Å². The maximum atomic E-state index is 12.8. The lowest BCUT2D eigenvalue weighted by Gasteiger charge is -2.16. The SMILES string of the molecule is CC[C@H](C)c1ccccc1NS(=O)(=O)c1ccc2ccccc2c1. The molecule has 0 unspecified atom stereocenters. The molecule has 3 nitrogen and oxygen atoms in total. The summed E-state index contributed by atoms with van der Waals surface area (Å²) < 4.78 is 28.3. The van der Waals surface area contributed by atoms with Crippen LogP contribution in [-0.4, -0.2) is 8.42 Å². The normalized spacial score (nSPS) is 12.9. The highest BCUT2D eigenvalue weighted by molar-refractivity contribution is 7.92. The molecule has 0 bridgehead atoms. The lowest BCUT2D eigenvalue weighted by Crippen LogP contribution is -2.14. The molecule has 0 aliphatic heterocycles. The maximum Gasteiger partial charge on any atom is 0.261 e. The van der Waals surface area contributed by atoms with Crippen molar-refractivity contribution in [3.63, 3.8) is 0 Å². The molecule has 3 aromatic rings. The van der Waals surface area contributed by atoms with Crippen LogP contribution in [-0.2, 0) is 10.0 Å². The summed E-state index contributed by atoms with van der Waals surface area (Å²) in [5, 5.41) is 1.94. The molecule has 0 aliphatic carbocycles. The van der Waals surface area contributed by atoms with Crippen LogP contribution in [0.3, 0.4) is 0 Å². The van der Waals surface area contributed by atoms with Crippen LogP contribution < -0.4 is 4.72 Å². The zero-order valence-electron chi connectivity index (χ0n) is 13.9. The minimum atomic E-state index is -3.62. The Bertz CT molecular complexity index is 964. The summed E-state index contributed by atoms with van der Waals surface area (Å²) in [7, 11) is -3.62. The highest BCUT2D eigenvalue weighted by Gasteiger charge is 2.17. The van der Waals surface area contributed by atoms with E-state index in [2.05, 4.69) is 18.6 Å².